The summed E-state index contributed by atoms with van der Waals surface area (Å²) in [6, 6.07) is 3.46. The average molecular weight is 421 g/mol. The van der Waals surface area contributed by atoms with Gasteiger partial charge in [-0.25, -0.2) is 4.39 Å². The molecule has 1 unspecified atom stereocenters. The second-order valence-electron chi connectivity index (χ2n) is 7.02. The predicted molar refractivity (Wildman–Crippen MR) is 108 cm³/mol. The molecule has 27 heavy (non-hydrogen) atoms. The number of amides is 2. The van der Waals surface area contributed by atoms with Gasteiger partial charge in [-0.05, 0) is 44.3 Å². The zero-order valence-corrected chi connectivity index (χ0v) is 17.2. The van der Waals surface area contributed by atoms with Crippen molar-refractivity contribution in [2.24, 2.45) is 5.92 Å². The molecule has 9 heteroatoms. The summed E-state index contributed by atoms with van der Waals surface area (Å²) in [6.45, 7) is 3.15. The van der Waals surface area contributed by atoms with Crippen LogP contribution in [-0.2, 0) is 22.6 Å². The Labute approximate surface area is 171 Å². The third-order valence-electron chi connectivity index (χ3n) is 4.87. The van der Waals surface area contributed by atoms with E-state index in [4.69, 9.17) is 0 Å². The summed E-state index contributed by atoms with van der Waals surface area (Å²) in [7, 11) is 3.89. The van der Waals surface area contributed by atoms with Crippen LogP contribution in [-0.4, -0.2) is 61.9 Å². The van der Waals surface area contributed by atoms with Crippen molar-refractivity contribution >= 4 is 42.3 Å². The quantitative estimate of drug-likeness (QED) is 0.759. The Balaban J connectivity index is 0.00000182. The highest BCUT2D eigenvalue weighted by atomic mass is 35.5. The van der Waals surface area contributed by atoms with E-state index >= 15 is 0 Å². The Bertz CT molecular complexity index is 688. The average Bonchev–Trinajstić information content (AvgIpc) is 2.97. The van der Waals surface area contributed by atoms with Gasteiger partial charge in [-0.3, -0.25) is 9.59 Å². The first kappa shape index (κ1) is 23.6. The number of nitrogens with one attached hydrogen (secondary N) is 2. The number of carbonyl (C=O) groups is 2. The van der Waals surface area contributed by atoms with Crippen LogP contribution in [0.15, 0.2) is 12.1 Å². The SMILES string of the molecule is CN(C)CCN1CC(C(=O)Nc2ccc3c(c2F)CCNC3)CC1=O.Cl.Cl. The minimum atomic E-state index is -0.424. The van der Waals surface area contributed by atoms with Gasteiger partial charge in [0.05, 0.1) is 11.6 Å². The van der Waals surface area contributed by atoms with Gasteiger partial charge in [0, 0.05) is 32.6 Å². The van der Waals surface area contributed by atoms with E-state index in [1.165, 1.54) is 0 Å². The zero-order valence-electron chi connectivity index (χ0n) is 15.6. The summed E-state index contributed by atoms with van der Waals surface area (Å²) in [5.74, 6) is -1.07. The molecule has 2 aliphatic heterocycles. The van der Waals surface area contributed by atoms with Crippen molar-refractivity contribution in [1.29, 1.82) is 0 Å². The molecule has 2 N–H and O–H groups in total. The first-order valence-corrected chi connectivity index (χ1v) is 8.70. The molecular weight excluding hydrogens is 394 g/mol. The molecule has 0 aliphatic carbocycles. The van der Waals surface area contributed by atoms with Gasteiger partial charge in [-0.15, -0.1) is 24.8 Å². The number of halogens is 3. The Kier molecular flexibility index (Phi) is 8.94. The molecule has 152 valence electrons. The molecule has 2 aliphatic rings. The monoisotopic (exact) mass is 420 g/mol. The fourth-order valence-electron chi connectivity index (χ4n) is 3.35. The van der Waals surface area contributed by atoms with Gasteiger partial charge in [0.15, 0.2) is 0 Å². The first-order chi connectivity index (χ1) is 12.0. The lowest BCUT2D eigenvalue weighted by atomic mass is 9.99. The number of likely N-dealkylation sites (tertiary alicyclic amines) is 1. The predicted octanol–water partition coefficient (Wildman–Crippen LogP) is 1.66. The van der Waals surface area contributed by atoms with Crippen molar-refractivity contribution in [3.8, 4) is 0 Å². The van der Waals surface area contributed by atoms with Crippen molar-refractivity contribution < 1.29 is 14.0 Å². The van der Waals surface area contributed by atoms with E-state index in [2.05, 4.69) is 10.6 Å². The van der Waals surface area contributed by atoms with E-state index in [9.17, 15) is 14.0 Å². The van der Waals surface area contributed by atoms with Gasteiger partial charge in [-0.2, -0.15) is 0 Å². The van der Waals surface area contributed by atoms with E-state index in [0.29, 0.717) is 31.6 Å². The summed E-state index contributed by atoms with van der Waals surface area (Å²) in [5.41, 5.74) is 1.82. The van der Waals surface area contributed by atoms with E-state index < -0.39 is 5.92 Å². The minimum Gasteiger partial charge on any atom is -0.341 e. The Morgan fingerprint density at radius 3 is 2.81 bits per heavy atom. The molecule has 6 nitrogen and oxygen atoms in total. The van der Waals surface area contributed by atoms with Crippen LogP contribution in [0.4, 0.5) is 10.1 Å². The van der Waals surface area contributed by atoms with E-state index in [0.717, 1.165) is 18.7 Å². The molecule has 2 amide bonds. The number of fused-ring (bicyclic) bond motifs is 1. The normalized spacial score (nSPS) is 18.6. The zero-order chi connectivity index (χ0) is 18.0. The lowest BCUT2D eigenvalue weighted by molar-refractivity contribution is -0.128. The first-order valence-electron chi connectivity index (χ1n) is 8.70. The third kappa shape index (κ3) is 5.54. The molecule has 0 spiro atoms. The largest absolute Gasteiger partial charge is 0.341 e. The molecular formula is C18H27Cl2FN4O2. The molecule has 1 saturated heterocycles. The van der Waals surface area contributed by atoms with Crippen LogP contribution in [0.2, 0.25) is 0 Å². The number of hydrogen-bond donors (Lipinski definition) is 2. The standard InChI is InChI=1S/C18H25FN4O2.2ClH/c1-22(2)7-8-23-11-13(9-16(23)24)18(25)21-15-4-3-12-10-20-6-5-14(12)17(15)19;;/h3-4,13,20H,5-11H2,1-2H3,(H,21,25);2*1H. The van der Waals surface area contributed by atoms with Crippen LogP contribution in [0.25, 0.3) is 0 Å². The van der Waals surface area contributed by atoms with Gasteiger partial charge in [-0.1, -0.05) is 6.07 Å². The van der Waals surface area contributed by atoms with Crippen molar-refractivity contribution in [1.82, 2.24) is 15.1 Å². The second-order valence-corrected chi connectivity index (χ2v) is 7.02. The van der Waals surface area contributed by atoms with Crippen molar-refractivity contribution in [3.63, 3.8) is 0 Å². The number of nitrogens with zero attached hydrogens (tertiary/aromatic N) is 2. The topological polar surface area (TPSA) is 64.7 Å². The maximum absolute atomic E-state index is 14.6. The molecule has 1 fully saturated rings. The second kappa shape index (κ2) is 10.2. The Hall–Kier alpha value is -1.41. The number of anilines is 1. The molecule has 0 bridgehead atoms. The highest BCUT2D eigenvalue weighted by molar-refractivity contribution is 5.97. The van der Waals surface area contributed by atoms with Gasteiger partial charge >= 0.3 is 0 Å². The molecule has 1 atom stereocenters. The molecule has 2 heterocycles. The third-order valence-corrected chi connectivity index (χ3v) is 4.87. The highest BCUT2D eigenvalue weighted by Crippen LogP contribution is 2.26. The van der Waals surface area contributed by atoms with Crippen LogP contribution in [0.3, 0.4) is 0 Å². The van der Waals surface area contributed by atoms with E-state index in [-0.39, 0.29) is 54.6 Å². The number of benzene rings is 1. The highest BCUT2D eigenvalue weighted by Gasteiger charge is 2.34. The summed E-state index contributed by atoms with van der Waals surface area (Å²) in [6.07, 6.45) is 0.806. The van der Waals surface area contributed by atoms with Crippen LogP contribution in [0.5, 0.6) is 0 Å². The molecule has 0 saturated carbocycles. The van der Waals surface area contributed by atoms with Crippen molar-refractivity contribution in [3.05, 3.63) is 29.1 Å². The summed E-state index contributed by atoms with van der Waals surface area (Å²) < 4.78 is 14.6. The number of likely N-dealkylation sites (N-methyl/N-ethyl adjacent to an activating group) is 1. The summed E-state index contributed by atoms with van der Waals surface area (Å²) in [4.78, 5) is 28.2. The van der Waals surface area contributed by atoms with Crippen LogP contribution in [0.1, 0.15) is 17.5 Å². The van der Waals surface area contributed by atoms with Crippen LogP contribution >= 0.6 is 24.8 Å². The van der Waals surface area contributed by atoms with Crippen molar-refractivity contribution in [2.45, 2.75) is 19.4 Å². The number of rotatable bonds is 5. The van der Waals surface area contributed by atoms with Gasteiger partial charge in [0.2, 0.25) is 11.8 Å². The van der Waals surface area contributed by atoms with E-state index in [1.807, 2.05) is 25.1 Å². The number of carbonyl (C=O) groups excluding carboxylic acids is 2. The Morgan fingerprint density at radius 2 is 2.11 bits per heavy atom. The van der Waals surface area contributed by atoms with Gasteiger partial charge in [0.1, 0.15) is 5.82 Å². The lowest BCUT2D eigenvalue weighted by Gasteiger charge is -2.20. The molecule has 0 aromatic heterocycles. The fourth-order valence-corrected chi connectivity index (χ4v) is 3.35. The molecule has 1 aromatic carbocycles. The van der Waals surface area contributed by atoms with Crippen LogP contribution in [0, 0.1) is 11.7 Å². The maximum atomic E-state index is 14.6. The fraction of sp³-hybridized carbons (Fsp3) is 0.556. The van der Waals surface area contributed by atoms with Gasteiger partial charge in [0.25, 0.3) is 0 Å². The minimum absolute atomic E-state index is 0. The molecule has 3 rings (SSSR count). The lowest BCUT2D eigenvalue weighted by Crippen LogP contribution is -2.34. The van der Waals surface area contributed by atoms with Crippen molar-refractivity contribution in [2.75, 3.05) is 45.6 Å². The van der Waals surface area contributed by atoms with E-state index in [1.54, 1.807) is 11.0 Å². The maximum Gasteiger partial charge on any atom is 0.229 e. The smallest absolute Gasteiger partial charge is 0.229 e. The summed E-state index contributed by atoms with van der Waals surface area (Å²) >= 11 is 0. The molecule has 0 radical (unpaired) electrons. The van der Waals surface area contributed by atoms with Gasteiger partial charge < -0.3 is 20.4 Å². The molecule has 1 aromatic rings. The number of hydrogen-bond acceptors (Lipinski definition) is 4. The Morgan fingerprint density at radius 1 is 1.37 bits per heavy atom. The van der Waals surface area contributed by atoms with Crippen LogP contribution < -0.4 is 10.6 Å². The summed E-state index contributed by atoms with van der Waals surface area (Å²) in [5, 5.41) is 5.89.